The quantitative estimate of drug-likeness (QED) is 0.599. The number of amides is 2. The van der Waals surface area contributed by atoms with E-state index in [-0.39, 0.29) is 18.1 Å². The van der Waals surface area contributed by atoms with Gasteiger partial charge in [-0.05, 0) is 25.2 Å². The molecule has 2 amide bonds. The molecule has 6 heteroatoms. The summed E-state index contributed by atoms with van der Waals surface area (Å²) in [6.07, 6.45) is 3.42. The third-order valence-electron chi connectivity index (χ3n) is 3.15. The summed E-state index contributed by atoms with van der Waals surface area (Å²) in [6.45, 7) is 0.713. The fourth-order valence-electron chi connectivity index (χ4n) is 2.20. The molecular weight excluding hydrogens is 210 g/mol. The van der Waals surface area contributed by atoms with E-state index in [1.165, 1.54) is 12.8 Å². The van der Waals surface area contributed by atoms with E-state index in [0.717, 1.165) is 6.42 Å². The number of ether oxygens (including phenoxy) is 1. The molecule has 1 aliphatic carbocycles. The van der Waals surface area contributed by atoms with E-state index in [4.69, 9.17) is 4.74 Å². The Hall–Kier alpha value is -1.43. The lowest BCUT2D eigenvalue weighted by atomic mass is 10.1. The summed E-state index contributed by atoms with van der Waals surface area (Å²) in [5.74, 6) is -0.387. The first-order valence-corrected chi connectivity index (χ1v) is 5.56. The average molecular weight is 223 g/mol. The zero-order valence-corrected chi connectivity index (χ0v) is 8.73. The lowest BCUT2D eigenvalue weighted by Gasteiger charge is -2.14. The molecule has 0 aromatic carbocycles. The highest BCUT2D eigenvalue weighted by atomic mass is 16.5. The van der Waals surface area contributed by atoms with Crippen molar-refractivity contribution in [2.45, 2.75) is 31.4 Å². The monoisotopic (exact) mass is 223 g/mol. The minimum Gasteiger partial charge on any atom is -0.376 e. The van der Waals surface area contributed by atoms with Crippen LogP contribution in [-0.2, 0) is 14.3 Å². The lowest BCUT2D eigenvalue weighted by Crippen LogP contribution is -2.31. The van der Waals surface area contributed by atoms with Crippen molar-refractivity contribution < 1.29 is 14.3 Å². The molecule has 2 heterocycles. The second-order valence-corrected chi connectivity index (χ2v) is 4.41. The minimum absolute atomic E-state index is 0.0706. The Kier molecular flexibility index (Phi) is 2.17. The van der Waals surface area contributed by atoms with Crippen LogP contribution in [-0.4, -0.2) is 36.5 Å². The maximum absolute atomic E-state index is 11.0. The summed E-state index contributed by atoms with van der Waals surface area (Å²) in [4.78, 5) is 26.2. The predicted molar refractivity (Wildman–Crippen MR) is 54.6 cm³/mol. The van der Waals surface area contributed by atoms with E-state index in [9.17, 15) is 9.59 Å². The van der Waals surface area contributed by atoms with Crippen molar-refractivity contribution >= 4 is 17.8 Å². The Bertz CT molecular complexity index is 358. The SMILES string of the molecule is O=C1NC(=NC2CCOC2C2CC2)NC1=O. The molecular formula is C10H13N3O3. The summed E-state index contributed by atoms with van der Waals surface area (Å²) in [7, 11) is 0. The van der Waals surface area contributed by atoms with Crippen molar-refractivity contribution in [1.29, 1.82) is 0 Å². The molecule has 2 N–H and O–H groups in total. The van der Waals surface area contributed by atoms with Gasteiger partial charge in [-0.15, -0.1) is 0 Å². The summed E-state index contributed by atoms with van der Waals surface area (Å²) in [6, 6.07) is 0.0706. The van der Waals surface area contributed by atoms with Gasteiger partial charge in [0.2, 0.25) is 5.96 Å². The Morgan fingerprint density at radius 1 is 1.12 bits per heavy atom. The molecule has 0 aromatic heterocycles. The van der Waals surface area contributed by atoms with Crippen molar-refractivity contribution in [3.8, 4) is 0 Å². The Labute approximate surface area is 92.4 Å². The molecule has 6 nitrogen and oxygen atoms in total. The molecule has 3 aliphatic rings. The van der Waals surface area contributed by atoms with Gasteiger partial charge in [-0.2, -0.15) is 0 Å². The molecule has 0 radical (unpaired) electrons. The van der Waals surface area contributed by atoms with Crippen LogP contribution in [0, 0.1) is 5.92 Å². The molecule has 2 saturated heterocycles. The summed E-state index contributed by atoms with van der Waals surface area (Å²) in [5, 5.41) is 4.81. The Morgan fingerprint density at radius 2 is 1.81 bits per heavy atom. The highest BCUT2D eigenvalue weighted by molar-refractivity contribution is 6.45. The van der Waals surface area contributed by atoms with Gasteiger partial charge in [-0.1, -0.05) is 0 Å². The van der Waals surface area contributed by atoms with E-state index < -0.39 is 11.8 Å². The normalized spacial score (nSPS) is 33.9. The van der Waals surface area contributed by atoms with Gasteiger partial charge in [0.15, 0.2) is 0 Å². The highest BCUT2D eigenvalue weighted by Gasteiger charge is 2.41. The number of aliphatic imine (C=N–C) groups is 1. The van der Waals surface area contributed by atoms with Crippen molar-refractivity contribution in [3.05, 3.63) is 0 Å². The van der Waals surface area contributed by atoms with E-state index in [1.54, 1.807) is 0 Å². The second-order valence-electron chi connectivity index (χ2n) is 4.41. The van der Waals surface area contributed by atoms with Crippen LogP contribution in [0.15, 0.2) is 4.99 Å². The summed E-state index contributed by atoms with van der Waals surface area (Å²) in [5.41, 5.74) is 0. The first-order valence-electron chi connectivity index (χ1n) is 5.56. The van der Waals surface area contributed by atoms with Crippen LogP contribution in [0.5, 0.6) is 0 Å². The van der Waals surface area contributed by atoms with Gasteiger partial charge >= 0.3 is 11.8 Å². The molecule has 3 fully saturated rings. The number of hydrogen-bond acceptors (Lipinski definition) is 4. The lowest BCUT2D eigenvalue weighted by molar-refractivity contribution is -0.135. The van der Waals surface area contributed by atoms with Gasteiger partial charge in [0.05, 0.1) is 12.1 Å². The molecule has 16 heavy (non-hydrogen) atoms. The number of guanidine groups is 1. The second kappa shape index (κ2) is 3.55. The topological polar surface area (TPSA) is 79.8 Å². The molecule has 2 aliphatic heterocycles. The number of nitrogens with one attached hydrogen (secondary N) is 2. The molecule has 2 atom stereocenters. The first-order chi connectivity index (χ1) is 7.74. The first kappa shape index (κ1) is 9.77. The van der Waals surface area contributed by atoms with Gasteiger partial charge in [0.1, 0.15) is 0 Å². The Morgan fingerprint density at radius 3 is 2.44 bits per heavy atom. The van der Waals surface area contributed by atoms with Crippen molar-refractivity contribution in [2.24, 2.45) is 10.9 Å². The average Bonchev–Trinajstić information content (AvgIpc) is 2.91. The minimum atomic E-state index is -0.638. The van der Waals surface area contributed by atoms with Crippen LogP contribution in [0.25, 0.3) is 0 Å². The molecule has 86 valence electrons. The van der Waals surface area contributed by atoms with Crippen LogP contribution in [0.2, 0.25) is 0 Å². The third kappa shape index (κ3) is 1.69. The number of carbonyl (C=O) groups is 2. The molecule has 2 unspecified atom stereocenters. The molecule has 3 rings (SSSR count). The van der Waals surface area contributed by atoms with Gasteiger partial charge in [0, 0.05) is 6.61 Å². The van der Waals surface area contributed by atoms with Crippen molar-refractivity contribution in [2.75, 3.05) is 6.61 Å². The van der Waals surface area contributed by atoms with Crippen molar-refractivity contribution in [1.82, 2.24) is 10.6 Å². The van der Waals surface area contributed by atoms with Crippen molar-refractivity contribution in [3.63, 3.8) is 0 Å². The van der Waals surface area contributed by atoms with E-state index >= 15 is 0 Å². The van der Waals surface area contributed by atoms with Gasteiger partial charge in [0.25, 0.3) is 0 Å². The van der Waals surface area contributed by atoms with Crippen LogP contribution < -0.4 is 10.6 Å². The fourth-order valence-corrected chi connectivity index (χ4v) is 2.20. The van der Waals surface area contributed by atoms with Gasteiger partial charge < -0.3 is 4.74 Å². The maximum Gasteiger partial charge on any atom is 0.316 e. The largest absolute Gasteiger partial charge is 0.376 e. The maximum atomic E-state index is 11.0. The molecule has 0 bridgehead atoms. The smallest absolute Gasteiger partial charge is 0.316 e. The zero-order valence-electron chi connectivity index (χ0n) is 8.73. The predicted octanol–water partition coefficient (Wildman–Crippen LogP) is -0.844. The van der Waals surface area contributed by atoms with E-state index in [0.29, 0.717) is 12.5 Å². The standard InChI is InChI=1S/C10H13N3O3/c14-8-9(15)13-10(12-8)11-6-3-4-16-7(6)5-1-2-5/h5-7H,1-4H2,(H2,11,12,13,14,15). The van der Waals surface area contributed by atoms with E-state index in [2.05, 4.69) is 15.6 Å². The van der Waals surface area contributed by atoms with Gasteiger partial charge in [-0.25, -0.2) is 4.99 Å². The molecule has 1 saturated carbocycles. The number of rotatable bonds is 2. The van der Waals surface area contributed by atoms with Crippen LogP contribution in [0.1, 0.15) is 19.3 Å². The number of hydrogen-bond donors (Lipinski definition) is 2. The van der Waals surface area contributed by atoms with Gasteiger partial charge in [-0.3, -0.25) is 20.2 Å². The summed E-state index contributed by atoms with van der Waals surface area (Å²) < 4.78 is 5.62. The van der Waals surface area contributed by atoms with Crippen LogP contribution in [0.3, 0.4) is 0 Å². The molecule has 0 aromatic rings. The third-order valence-corrected chi connectivity index (χ3v) is 3.15. The van der Waals surface area contributed by atoms with Crippen LogP contribution in [0.4, 0.5) is 0 Å². The zero-order chi connectivity index (χ0) is 11.1. The highest BCUT2D eigenvalue weighted by Crippen LogP contribution is 2.39. The van der Waals surface area contributed by atoms with E-state index in [1.807, 2.05) is 0 Å². The fraction of sp³-hybridized carbons (Fsp3) is 0.700. The number of nitrogens with zero attached hydrogens (tertiary/aromatic N) is 1. The number of carbonyl (C=O) groups excluding carboxylic acids is 2. The molecule has 0 spiro atoms. The Balaban J connectivity index is 1.71. The van der Waals surface area contributed by atoms with Crippen LogP contribution >= 0.6 is 0 Å². The summed E-state index contributed by atoms with van der Waals surface area (Å²) >= 11 is 0.